The fourth-order valence-electron chi connectivity index (χ4n) is 4.99. The summed E-state index contributed by atoms with van der Waals surface area (Å²) in [6, 6.07) is 9.14. The van der Waals surface area contributed by atoms with Gasteiger partial charge in [0, 0.05) is 44.1 Å². The van der Waals surface area contributed by atoms with Gasteiger partial charge in [-0.2, -0.15) is 9.97 Å². The van der Waals surface area contributed by atoms with Gasteiger partial charge in [0.05, 0.1) is 31.4 Å². The molecule has 0 radical (unpaired) electrons. The number of hydrogen-bond donors (Lipinski definition) is 3. The number of carbonyl (C=O) groups excluding carboxylic acids is 1. The summed E-state index contributed by atoms with van der Waals surface area (Å²) < 4.78 is 23.4. The smallest absolute Gasteiger partial charge is 0.251 e. The zero-order valence-corrected chi connectivity index (χ0v) is 22.8. The lowest BCUT2D eigenvalue weighted by molar-refractivity contribution is 0.0244. The number of anilines is 2. The number of aromatic nitrogens is 4. The van der Waals surface area contributed by atoms with Crippen molar-refractivity contribution in [2.24, 2.45) is 0 Å². The second-order valence-corrected chi connectivity index (χ2v) is 9.69. The molecule has 1 saturated heterocycles. The standard InChI is InChI=1S/C29H30N6O5/c1-15-11-22-24(39-16(2)32-22)13-19(15)20-14-31-26-25(20)28(40-18-7-9-38-10-8-18)35-29(34-26)33-21-6-5-17(27(36)30-3)12-23(21)37-4/h5-6,11-14,18H,7-10H2,1-4H3,(H,30,36)(H2,31,33,34,35). The molecule has 1 amide bonds. The van der Waals surface area contributed by atoms with Gasteiger partial charge in [0.15, 0.2) is 11.5 Å². The topological polar surface area (TPSA) is 136 Å². The molecule has 5 aromatic rings. The lowest BCUT2D eigenvalue weighted by atomic mass is 10.0. The quantitative estimate of drug-likeness (QED) is 0.258. The third-order valence-corrected chi connectivity index (χ3v) is 7.01. The van der Waals surface area contributed by atoms with Gasteiger partial charge in [-0.1, -0.05) is 0 Å². The van der Waals surface area contributed by atoms with Gasteiger partial charge in [0.25, 0.3) is 5.91 Å². The number of amides is 1. The van der Waals surface area contributed by atoms with Crippen LogP contribution in [0.15, 0.2) is 40.9 Å². The maximum Gasteiger partial charge on any atom is 0.251 e. The van der Waals surface area contributed by atoms with Crippen molar-refractivity contribution in [1.29, 1.82) is 0 Å². The number of oxazole rings is 1. The van der Waals surface area contributed by atoms with Crippen LogP contribution < -0.4 is 20.1 Å². The SMILES string of the molecule is CNC(=O)c1ccc(Nc2nc(OC3CCOCC3)c3c(-c4cc5oc(C)nc5cc4C)c[nH]c3n2)c(OC)c1. The summed E-state index contributed by atoms with van der Waals surface area (Å²) in [7, 11) is 3.13. The van der Waals surface area contributed by atoms with Crippen molar-refractivity contribution in [2.45, 2.75) is 32.8 Å². The maximum atomic E-state index is 12.1. The minimum Gasteiger partial charge on any atom is -0.495 e. The number of methoxy groups -OCH3 is 1. The number of benzene rings is 2. The molecule has 3 aromatic heterocycles. The second kappa shape index (κ2) is 10.5. The number of nitrogens with zero attached hydrogens (tertiary/aromatic N) is 3. The van der Waals surface area contributed by atoms with Crippen LogP contribution in [0.4, 0.5) is 11.6 Å². The summed E-state index contributed by atoms with van der Waals surface area (Å²) in [4.78, 5) is 29.4. The molecule has 0 atom stereocenters. The van der Waals surface area contributed by atoms with Crippen molar-refractivity contribution < 1.29 is 23.4 Å². The molecular weight excluding hydrogens is 512 g/mol. The average Bonchev–Trinajstić information content (AvgIpc) is 3.55. The van der Waals surface area contributed by atoms with Crippen molar-refractivity contribution in [3.8, 4) is 22.8 Å². The number of rotatable bonds is 7. The van der Waals surface area contributed by atoms with Crippen LogP contribution in [-0.4, -0.2) is 59.3 Å². The van der Waals surface area contributed by atoms with Crippen molar-refractivity contribution in [3.05, 3.63) is 53.5 Å². The molecule has 3 N–H and O–H groups in total. The Morgan fingerprint density at radius 3 is 2.67 bits per heavy atom. The van der Waals surface area contributed by atoms with E-state index in [-0.39, 0.29) is 12.0 Å². The number of aromatic amines is 1. The van der Waals surface area contributed by atoms with Crippen molar-refractivity contribution >= 4 is 39.7 Å². The van der Waals surface area contributed by atoms with Gasteiger partial charge in [-0.25, -0.2) is 4.98 Å². The highest BCUT2D eigenvalue weighted by molar-refractivity contribution is 6.00. The molecule has 40 heavy (non-hydrogen) atoms. The van der Waals surface area contributed by atoms with E-state index in [1.54, 1.807) is 32.4 Å². The van der Waals surface area contributed by atoms with E-state index in [9.17, 15) is 4.79 Å². The molecule has 206 valence electrons. The second-order valence-electron chi connectivity index (χ2n) is 9.69. The molecular formula is C29H30N6O5. The Morgan fingerprint density at radius 1 is 1.07 bits per heavy atom. The molecule has 6 rings (SSSR count). The monoisotopic (exact) mass is 542 g/mol. The number of aryl methyl sites for hydroxylation is 2. The summed E-state index contributed by atoms with van der Waals surface area (Å²) in [5.74, 6) is 1.68. The van der Waals surface area contributed by atoms with Gasteiger partial charge in [-0.15, -0.1) is 0 Å². The number of hydrogen-bond acceptors (Lipinski definition) is 9. The lowest BCUT2D eigenvalue weighted by Gasteiger charge is -2.23. The number of ether oxygens (including phenoxy) is 3. The molecule has 11 nitrogen and oxygen atoms in total. The highest BCUT2D eigenvalue weighted by atomic mass is 16.5. The molecule has 11 heteroatoms. The van der Waals surface area contributed by atoms with Crippen LogP contribution in [0.25, 0.3) is 33.3 Å². The van der Waals surface area contributed by atoms with E-state index < -0.39 is 0 Å². The van der Waals surface area contributed by atoms with Gasteiger partial charge in [-0.05, 0) is 48.4 Å². The number of nitrogens with one attached hydrogen (secondary N) is 3. The predicted molar refractivity (Wildman–Crippen MR) is 151 cm³/mol. The van der Waals surface area contributed by atoms with Crippen LogP contribution in [0.2, 0.25) is 0 Å². The van der Waals surface area contributed by atoms with Crippen LogP contribution in [0.5, 0.6) is 11.6 Å². The zero-order chi connectivity index (χ0) is 27.8. The summed E-state index contributed by atoms with van der Waals surface area (Å²) in [5, 5.41) is 6.63. The summed E-state index contributed by atoms with van der Waals surface area (Å²) >= 11 is 0. The van der Waals surface area contributed by atoms with E-state index in [0.29, 0.717) is 59.2 Å². The van der Waals surface area contributed by atoms with Gasteiger partial charge in [0.2, 0.25) is 11.8 Å². The molecule has 0 saturated carbocycles. The van der Waals surface area contributed by atoms with Crippen LogP contribution >= 0.6 is 0 Å². The van der Waals surface area contributed by atoms with E-state index in [0.717, 1.165) is 40.4 Å². The molecule has 1 fully saturated rings. The van der Waals surface area contributed by atoms with Gasteiger partial charge in [-0.3, -0.25) is 4.79 Å². The average molecular weight is 543 g/mol. The number of carbonyl (C=O) groups is 1. The Labute approximate surface area is 230 Å². The normalized spacial score (nSPS) is 14.0. The highest BCUT2D eigenvalue weighted by Crippen LogP contribution is 2.39. The van der Waals surface area contributed by atoms with E-state index in [1.807, 2.05) is 32.2 Å². The third kappa shape index (κ3) is 4.79. The highest BCUT2D eigenvalue weighted by Gasteiger charge is 2.23. The minimum atomic E-state index is -0.206. The molecule has 1 aliphatic heterocycles. The first-order valence-electron chi connectivity index (χ1n) is 13.1. The van der Waals surface area contributed by atoms with E-state index in [4.69, 9.17) is 28.6 Å². The molecule has 1 aliphatic rings. The molecule has 0 unspecified atom stereocenters. The van der Waals surface area contributed by atoms with Crippen molar-refractivity contribution in [1.82, 2.24) is 25.3 Å². The van der Waals surface area contributed by atoms with Crippen LogP contribution in [0, 0.1) is 13.8 Å². The Balaban J connectivity index is 1.44. The fourth-order valence-corrected chi connectivity index (χ4v) is 4.99. The van der Waals surface area contributed by atoms with Crippen molar-refractivity contribution in [3.63, 3.8) is 0 Å². The fraction of sp³-hybridized carbons (Fsp3) is 0.310. The van der Waals surface area contributed by atoms with Gasteiger partial charge < -0.3 is 34.2 Å². The largest absolute Gasteiger partial charge is 0.495 e. The summed E-state index contributed by atoms with van der Waals surface area (Å²) in [6.07, 6.45) is 3.41. The Hall–Kier alpha value is -4.64. The van der Waals surface area contributed by atoms with Crippen LogP contribution in [-0.2, 0) is 4.74 Å². The van der Waals surface area contributed by atoms with E-state index in [1.165, 1.54) is 0 Å². The maximum absolute atomic E-state index is 12.1. The Bertz CT molecular complexity index is 1720. The van der Waals surface area contributed by atoms with E-state index in [2.05, 4.69) is 20.6 Å². The predicted octanol–water partition coefficient (Wildman–Crippen LogP) is 5.05. The molecule has 0 spiro atoms. The number of H-pyrrole nitrogens is 1. The van der Waals surface area contributed by atoms with Gasteiger partial charge in [0.1, 0.15) is 23.0 Å². The zero-order valence-electron chi connectivity index (χ0n) is 22.8. The van der Waals surface area contributed by atoms with Crippen LogP contribution in [0.3, 0.4) is 0 Å². The first kappa shape index (κ1) is 25.6. The Kier molecular flexibility index (Phi) is 6.72. The molecule has 4 heterocycles. The minimum absolute atomic E-state index is 0.0377. The molecule has 0 bridgehead atoms. The molecule has 0 aliphatic carbocycles. The summed E-state index contributed by atoms with van der Waals surface area (Å²) in [5.41, 5.74) is 6.16. The Morgan fingerprint density at radius 2 is 1.90 bits per heavy atom. The number of fused-ring (bicyclic) bond motifs is 2. The summed E-state index contributed by atoms with van der Waals surface area (Å²) in [6.45, 7) is 5.16. The van der Waals surface area contributed by atoms with Crippen LogP contribution in [0.1, 0.15) is 34.7 Å². The van der Waals surface area contributed by atoms with E-state index >= 15 is 0 Å². The van der Waals surface area contributed by atoms with Crippen molar-refractivity contribution in [2.75, 3.05) is 32.7 Å². The first-order chi connectivity index (χ1) is 19.4. The van der Waals surface area contributed by atoms with Gasteiger partial charge >= 0.3 is 0 Å². The molecule has 2 aromatic carbocycles. The first-order valence-corrected chi connectivity index (χ1v) is 13.1. The third-order valence-electron chi connectivity index (χ3n) is 7.01. The lowest BCUT2D eigenvalue weighted by Crippen LogP contribution is -2.26.